The highest BCUT2D eigenvalue weighted by atomic mass is 16.8. The van der Waals surface area contributed by atoms with Gasteiger partial charge in [0, 0.05) is 0 Å². The number of aliphatic hydroxyl groups is 22. The van der Waals surface area contributed by atoms with Gasteiger partial charge in [-0.3, -0.25) is 4.79 Å². The van der Waals surface area contributed by atoms with E-state index in [1.165, 1.54) is 19.4 Å². The molecule has 4 saturated carbocycles. The fraction of sp³-hybridized carbons (Fsp3) is 0.961. The smallest absolute Gasteiger partial charge is 0.315 e. The van der Waals surface area contributed by atoms with Crippen LogP contribution in [-0.2, 0) is 80.6 Å². The van der Waals surface area contributed by atoms with Gasteiger partial charge in [0.25, 0.3) is 0 Å². The largest absolute Gasteiger partial charge is 0.432 e. The van der Waals surface area contributed by atoms with E-state index in [0.29, 0.717) is 51.4 Å². The maximum absolute atomic E-state index is 15.3. The molecular formula is C76H124O39. The Hall–Kier alpha value is -2.27. The third-order valence-electron chi connectivity index (χ3n) is 29.0. The van der Waals surface area contributed by atoms with Crippen molar-refractivity contribution in [1.29, 1.82) is 0 Å². The molecule has 0 spiro atoms. The SMILES string of the molecule is C[C@@H]1O[C@@H](O[C@@H]2[C@@H](O)[C@H](O[C@@H]3[C@@H](O)[C@H](C)O[C@@H](O[C@H]4[C@H](O[C@H]5CC[C@]6(C)[C@H]7CC=C8[C@@H]9CC(C)(C)CC[C@]9(C(=O)O[C@@H]9O[C@H](CO[C@@H]%10O[C@H](CO)[C@@H](O)[C@H](O)[C@H]%10O)[C@@H](O)[C@H](O)[C@H]9O)CC[C@@]8(C)[C@]7(C)CC[C@H]6C5(C)C)OC[C@H](O)[C@@H]4O)[C@@H]3O)O[C@H](CO)[C@H]2O[C@@H]2O[C@H](CO)[C@@H](O[C@@H]3OC[C@@H](O)[C@H](O)[C@H]3O)[C@H](O)[C@H]2O)[C@H](O)[C@H](O)[C@H]1O. The molecule has 0 aromatic rings. The highest BCUT2D eigenvalue weighted by molar-refractivity contribution is 5.79. The molecule has 8 heterocycles. The Balaban J connectivity index is 0.689. The average Bonchev–Trinajstić information content (AvgIpc) is 0.673. The van der Waals surface area contributed by atoms with E-state index in [-0.39, 0.29) is 34.0 Å². The van der Waals surface area contributed by atoms with Crippen LogP contribution in [0.4, 0.5) is 0 Å². The van der Waals surface area contributed by atoms with Crippen molar-refractivity contribution >= 4 is 5.97 Å². The third kappa shape index (κ3) is 16.2. The Morgan fingerprint density at radius 3 is 1.56 bits per heavy atom. The molecule has 46 atom stereocenters. The summed E-state index contributed by atoms with van der Waals surface area (Å²) in [4.78, 5) is 15.3. The van der Waals surface area contributed by atoms with Crippen molar-refractivity contribution in [2.75, 3.05) is 39.6 Å². The Labute approximate surface area is 664 Å². The summed E-state index contributed by atoms with van der Waals surface area (Å²) in [7, 11) is 0. The number of fused-ring (bicyclic) bond motifs is 7. The fourth-order valence-electron chi connectivity index (χ4n) is 21.7. The molecule has 39 heteroatoms. The predicted octanol–water partition coefficient (Wildman–Crippen LogP) is -7.41. The lowest BCUT2D eigenvalue weighted by Gasteiger charge is -2.71. The summed E-state index contributed by atoms with van der Waals surface area (Å²) in [6.45, 7) is 14.1. The first-order valence-corrected chi connectivity index (χ1v) is 40.4. The molecule has 0 radical (unpaired) electrons. The molecule has 115 heavy (non-hydrogen) atoms. The summed E-state index contributed by atoms with van der Waals surface area (Å²) in [6.07, 6.45) is -59.6. The lowest BCUT2D eigenvalue weighted by Crippen LogP contribution is -2.69. The first kappa shape index (κ1) is 90.5. The number of allylic oxidation sites excluding steroid dienone is 2. The molecule has 0 aromatic carbocycles. The van der Waals surface area contributed by atoms with Gasteiger partial charge in [-0.1, -0.05) is 60.1 Å². The second-order valence-corrected chi connectivity index (χ2v) is 36.6. The molecule has 13 rings (SSSR count). The molecule has 0 unspecified atom stereocenters. The number of rotatable bonds is 20. The van der Waals surface area contributed by atoms with E-state index < -0.39 is 301 Å². The molecule has 8 saturated heterocycles. The monoisotopic (exact) mass is 1660 g/mol. The van der Waals surface area contributed by atoms with Gasteiger partial charge in [-0.2, -0.15) is 0 Å². The van der Waals surface area contributed by atoms with Crippen molar-refractivity contribution < 1.29 is 193 Å². The quantitative estimate of drug-likeness (QED) is 0.0306. The zero-order valence-electron chi connectivity index (χ0n) is 65.9. The molecule has 39 nitrogen and oxygen atoms in total. The van der Waals surface area contributed by atoms with E-state index in [1.54, 1.807) is 0 Å². The van der Waals surface area contributed by atoms with Gasteiger partial charge in [-0.05, 0) is 123 Å². The highest BCUT2D eigenvalue weighted by Gasteiger charge is 2.71. The molecule has 0 bridgehead atoms. The summed E-state index contributed by atoms with van der Waals surface area (Å²) in [5, 5.41) is 242. The molecule has 22 N–H and O–H groups in total. The topological polar surface area (TPSA) is 610 Å². The Kier molecular flexibility index (Phi) is 27.3. The van der Waals surface area contributed by atoms with Gasteiger partial charge < -0.3 is 188 Å². The number of hydrogen-bond acceptors (Lipinski definition) is 39. The van der Waals surface area contributed by atoms with Crippen molar-refractivity contribution in [2.45, 2.75) is 366 Å². The highest BCUT2D eigenvalue weighted by Crippen LogP contribution is 2.76. The first-order chi connectivity index (χ1) is 54.0. The van der Waals surface area contributed by atoms with Gasteiger partial charge in [-0.15, -0.1) is 0 Å². The third-order valence-corrected chi connectivity index (χ3v) is 29.0. The predicted molar refractivity (Wildman–Crippen MR) is 379 cm³/mol. The van der Waals surface area contributed by atoms with Gasteiger partial charge in [0.15, 0.2) is 44.0 Å². The molecular weight excluding hydrogens is 1540 g/mol. The van der Waals surface area contributed by atoms with Crippen LogP contribution in [0.5, 0.6) is 0 Å². The first-order valence-electron chi connectivity index (χ1n) is 40.4. The minimum Gasteiger partial charge on any atom is -0.432 e. The average molecular weight is 1660 g/mol. The van der Waals surface area contributed by atoms with Crippen LogP contribution < -0.4 is 0 Å². The van der Waals surface area contributed by atoms with E-state index >= 15 is 4.79 Å². The second kappa shape index (κ2) is 34.7. The number of carbonyl (C=O) groups is 1. The van der Waals surface area contributed by atoms with E-state index in [0.717, 1.165) is 12.8 Å². The van der Waals surface area contributed by atoms with Crippen LogP contribution in [-0.4, -0.2) is 397 Å². The van der Waals surface area contributed by atoms with E-state index in [9.17, 15) is 112 Å². The van der Waals surface area contributed by atoms with Crippen LogP contribution >= 0.6 is 0 Å². The van der Waals surface area contributed by atoms with Crippen LogP contribution in [0.25, 0.3) is 0 Å². The second-order valence-electron chi connectivity index (χ2n) is 36.6. The molecule has 0 aromatic heterocycles. The van der Waals surface area contributed by atoms with Crippen LogP contribution in [0, 0.1) is 50.2 Å². The number of aliphatic hydroxyl groups excluding tert-OH is 22. The molecule has 0 amide bonds. The van der Waals surface area contributed by atoms with Gasteiger partial charge in [0.2, 0.25) is 6.29 Å². The van der Waals surface area contributed by atoms with E-state index in [2.05, 4.69) is 54.5 Å². The summed E-state index contributed by atoms with van der Waals surface area (Å²) in [6, 6.07) is 0. The molecule has 12 fully saturated rings. The van der Waals surface area contributed by atoms with Crippen LogP contribution in [0.3, 0.4) is 0 Å². The fourth-order valence-corrected chi connectivity index (χ4v) is 21.7. The molecule has 13 aliphatic rings. The van der Waals surface area contributed by atoms with Crippen molar-refractivity contribution in [3.63, 3.8) is 0 Å². The minimum atomic E-state index is -2.23. The number of carbonyl (C=O) groups excluding carboxylic acids is 1. The van der Waals surface area contributed by atoms with Crippen molar-refractivity contribution in [2.24, 2.45) is 50.2 Å². The zero-order chi connectivity index (χ0) is 83.7. The zero-order valence-corrected chi connectivity index (χ0v) is 65.9. The minimum absolute atomic E-state index is 0.0175. The molecule has 8 aliphatic heterocycles. The normalized spacial score (nSPS) is 54.6. The lowest BCUT2D eigenvalue weighted by atomic mass is 9.33. The van der Waals surface area contributed by atoms with Crippen LogP contribution in [0.1, 0.15) is 127 Å². The van der Waals surface area contributed by atoms with Gasteiger partial charge in [-0.25, -0.2) is 0 Å². The van der Waals surface area contributed by atoms with Crippen LogP contribution in [0.15, 0.2) is 11.6 Å². The van der Waals surface area contributed by atoms with Crippen molar-refractivity contribution in [3.8, 4) is 0 Å². The van der Waals surface area contributed by atoms with Gasteiger partial charge >= 0.3 is 5.97 Å². The summed E-state index contributed by atoms with van der Waals surface area (Å²) >= 11 is 0. The Morgan fingerprint density at radius 1 is 0.409 bits per heavy atom. The van der Waals surface area contributed by atoms with E-state index in [1.807, 2.05) is 0 Å². The molecule has 5 aliphatic carbocycles. The lowest BCUT2D eigenvalue weighted by molar-refractivity contribution is -0.406. The summed E-state index contributed by atoms with van der Waals surface area (Å²) in [5.74, 6) is -0.806. The number of ether oxygens (including phenoxy) is 16. The van der Waals surface area contributed by atoms with Crippen molar-refractivity contribution in [1.82, 2.24) is 0 Å². The summed E-state index contributed by atoms with van der Waals surface area (Å²) < 4.78 is 96.2. The summed E-state index contributed by atoms with van der Waals surface area (Å²) in [5.41, 5.74) is -1.80. The maximum Gasteiger partial charge on any atom is 0.315 e. The number of esters is 1. The Bertz CT molecular complexity index is 3290. The van der Waals surface area contributed by atoms with Gasteiger partial charge in [0.1, 0.15) is 171 Å². The molecule has 662 valence electrons. The van der Waals surface area contributed by atoms with Gasteiger partial charge in [0.05, 0.1) is 63.4 Å². The standard InChI is InChI=1S/C76H124O39/c1-27-40(82)46(88)52(94)64(103-27)113-60-56(98)68(107-35(23-79)58(60)111-65-54(96)49(91)57(34(22-78)106-65)110-63-50(92)42(84)31(80)24-100-63)112-59-41(83)28(2)104-67(55(59)97)114-61-43(85)32(81)25-101-69(61)109-39-13-14-73(7)37(72(39,5)6)12-15-75(9)38(73)11-10-29-30-20-71(3,4)16-18-76(30,19-17-74(29,75)8)70(99)115-66-53(95)48(90)45(87)36(108-66)26-102-62-51(93)47(89)44(86)33(21-77)105-62/h10,27-28,30-69,77-98H,11-26H2,1-9H3/t27-,28-,30-,31+,32-,33+,34+,35+,36+,37-,38+,39-,40-,41-,42-,43-,44+,45+,46+,47-,48-,49+,50+,51+,52+,53+,54+,55+,56+,57+,58+,59+,60+,61+,62+,63-,64-,65-,66-,67-,68-,69-,73-,74+,75+,76-/m0/s1. The number of hydrogen-bond donors (Lipinski definition) is 22. The maximum atomic E-state index is 15.3. The van der Waals surface area contributed by atoms with Crippen molar-refractivity contribution in [3.05, 3.63) is 11.6 Å². The van der Waals surface area contributed by atoms with Crippen LogP contribution in [0.2, 0.25) is 0 Å². The Morgan fingerprint density at radius 2 is 0.896 bits per heavy atom. The van der Waals surface area contributed by atoms with E-state index in [4.69, 9.17) is 75.8 Å².